The van der Waals surface area contributed by atoms with Crippen LogP contribution in [0.25, 0.3) is 82.8 Å². The molecule has 0 amide bonds. The normalized spacial score (nSPS) is 11.5. The number of nitrogens with zero attached hydrogens (tertiary/aromatic N) is 2. The van der Waals surface area contributed by atoms with Gasteiger partial charge in [0.1, 0.15) is 11.2 Å². The van der Waals surface area contributed by atoms with Gasteiger partial charge in [0.25, 0.3) is 0 Å². The fourth-order valence-corrected chi connectivity index (χ4v) is 8.50. The van der Waals surface area contributed by atoms with Crippen LogP contribution in [0.15, 0.2) is 223 Å². The van der Waals surface area contributed by atoms with Crippen LogP contribution in [-0.2, 0) is 0 Å². The molecule has 0 N–H and O–H groups in total. The summed E-state index contributed by atoms with van der Waals surface area (Å²) >= 11 is 0. The summed E-state index contributed by atoms with van der Waals surface area (Å²) in [6.07, 6.45) is 0. The Morgan fingerprint density at radius 1 is 0.333 bits per heavy atom. The van der Waals surface area contributed by atoms with E-state index in [2.05, 4.69) is 216 Å². The van der Waals surface area contributed by atoms with Crippen molar-refractivity contribution in [1.82, 2.24) is 4.57 Å². The predicted octanol–water partition coefficient (Wildman–Crippen LogP) is 15.2. The largest absolute Gasteiger partial charge is 0.456 e. The molecular formula is C54H36N2O. The standard InChI is InChI=1S/C54H36N2O/c1-3-14-37(15-4-1)38-26-29-43(30-27-38)55(42-18-5-2-6-19-42)50-23-10-7-20-45(50)41-17-13-16-39(34-41)40-28-32-47-46-21-8-11-24-51(46)56(52(47)35-40)44-31-33-49-48-22-9-12-25-53(48)57-54(49)36-44/h1-36H. The molecule has 0 saturated carbocycles. The topological polar surface area (TPSA) is 21.3 Å². The van der Waals surface area contributed by atoms with E-state index in [1.165, 1.54) is 27.4 Å². The van der Waals surface area contributed by atoms with Gasteiger partial charge < -0.3 is 13.9 Å². The molecule has 0 unspecified atom stereocenters. The van der Waals surface area contributed by atoms with Crippen LogP contribution in [0.1, 0.15) is 0 Å². The highest BCUT2D eigenvalue weighted by atomic mass is 16.3. The lowest BCUT2D eigenvalue weighted by Crippen LogP contribution is -2.11. The monoisotopic (exact) mass is 728 g/mol. The lowest BCUT2D eigenvalue weighted by Gasteiger charge is -2.28. The van der Waals surface area contributed by atoms with E-state index in [1.54, 1.807) is 0 Å². The second-order valence-corrected chi connectivity index (χ2v) is 14.5. The molecule has 2 heterocycles. The van der Waals surface area contributed by atoms with Crippen LogP contribution >= 0.6 is 0 Å². The summed E-state index contributed by atoms with van der Waals surface area (Å²) in [5.41, 5.74) is 15.5. The van der Waals surface area contributed by atoms with E-state index in [0.29, 0.717) is 0 Å². The number of rotatable bonds is 7. The minimum absolute atomic E-state index is 0.888. The van der Waals surface area contributed by atoms with E-state index in [-0.39, 0.29) is 0 Å². The Bertz CT molecular complexity index is 3230. The maximum atomic E-state index is 6.35. The van der Waals surface area contributed by atoms with Gasteiger partial charge in [-0.2, -0.15) is 0 Å². The van der Waals surface area contributed by atoms with Crippen molar-refractivity contribution in [2.75, 3.05) is 4.90 Å². The Balaban J connectivity index is 1.02. The molecule has 0 saturated heterocycles. The minimum atomic E-state index is 0.888. The Hall–Kier alpha value is -7.62. The van der Waals surface area contributed by atoms with Crippen LogP contribution in [0.3, 0.4) is 0 Å². The van der Waals surface area contributed by atoms with Gasteiger partial charge in [-0.05, 0) is 94.5 Å². The number of fused-ring (bicyclic) bond motifs is 6. The molecule has 0 radical (unpaired) electrons. The fraction of sp³-hybridized carbons (Fsp3) is 0. The molecule has 0 aliphatic rings. The van der Waals surface area contributed by atoms with Gasteiger partial charge in [0.05, 0.1) is 16.7 Å². The number of hydrogen-bond donors (Lipinski definition) is 0. The zero-order valence-corrected chi connectivity index (χ0v) is 31.1. The van der Waals surface area contributed by atoms with Crippen LogP contribution < -0.4 is 4.90 Å². The quantitative estimate of drug-likeness (QED) is 0.163. The van der Waals surface area contributed by atoms with E-state index in [4.69, 9.17) is 4.42 Å². The minimum Gasteiger partial charge on any atom is -0.456 e. The van der Waals surface area contributed by atoms with Gasteiger partial charge in [0, 0.05) is 50.2 Å². The summed E-state index contributed by atoms with van der Waals surface area (Å²) in [4.78, 5) is 2.36. The number of benzene rings is 9. The van der Waals surface area contributed by atoms with E-state index in [1.807, 2.05) is 12.1 Å². The van der Waals surface area contributed by atoms with Gasteiger partial charge in [0.15, 0.2) is 0 Å². The number of para-hydroxylation sites is 4. The zero-order valence-electron chi connectivity index (χ0n) is 31.1. The highest BCUT2D eigenvalue weighted by molar-refractivity contribution is 6.11. The summed E-state index contributed by atoms with van der Waals surface area (Å²) in [5, 5.41) is 4.71. The highest BCUT2D eigenvalue weighted by Gasteiger charge is 2.19. The number of aromatic nitrogens is 1. The van der Waals surface area contributed by atoms with E-state index in [9.17, 15) is 0 Å². The average Bonchev–Trinajstić information content (AvgIpc) is 3.82. The van der Waals surface area contributed by atoms with Gasteiger partial charge in [-0.1, -0.05) is 146 Å². The first-order chi connectivity index (χ1) is 28.3. The Morgan fingerprint density at radius 3 is 1.77 bits per heavy atom. The maximum absolute atomic E-state index is 6.35. The second kappa shape index (κ2) is 13.6. The van der Waals surface area contributed by atoms with Crippen molar-refractivity contribution in [2.24, 2.45) is 0 Å². The molecule has 11 rings (SSSR count). The predicted molar refractivity (Wildman–Crippen MR) is 239 cm³/mol. The van der Waals surface area contributed by atoms with Gasteiger partial charge in [-0.25, -0.2) is 0 Å². The van der Waals surface area contributed by atoms with Crippen LogP contribution in [0.4, 0.5) is 17.1 Å². The summed E-state index contributed by atoms with van der Waals surface area (Å²) in [6, 6.07) is 78.2. The van der Waals surface area contributed by atoms with Crippen LogP contribution in [0.2, 0.25) is 0 Å². The molecular weight excluding hydrogens is 693 g/mol. The van der Waals surface area contributed by atoms with Crippen molar-refractivity contribution < 1.29 is 4.42 Å². The first kappa shape index (κ1) is 32.8. The molecule has 11 aromatic rings. The molecule has 0 fully saturated rings. The van der Waals surface area contributed by atoms with E-state index < -0.39 is 0 Å². The summed E-state index contributed by atoms with van der Waals surface area (Å²) in [6.45, 7) is 0. The molecule has 9 aromatic carbocycles. The molecule has 0 atom stereocenters. The molecule has 0 aliphatic heterocycles. The van der Waals surface area contributed by atoms with Crippen molar-refractivity contribution >= 4 is 60.8 Å². The van der Waals surface area contributed by atoms with Crippen molar-refractivity contribution in [1.29, 1.82) is 0 Å². The van der Waals surface area contributed by atoms with Crippen molar-refractivity contribution in [3.05, 3.63) is 218 Å². The molecule has 3 heteroatoms. The van der Waals surface area contributed by atoms with Crippen molar-refractivity contribution in [3.8, 4) is 39.1 Å². The summed E-state index contributed by atoms with van der Waals surface area (Å²) in [7, 11) is 0. The van der Waals surface area contributed by atoms with Crippen molar-refractivity contribution in [2.45, 2.75) is 0 Å². The molecule has 0 bridgehead atoms. The SMILES string of the molecule is c1ccc(-c2ccc(N(c3ccccc3)c3ccccc3-c3cccc(-c4ccc5c6ccccc6n(-c6ccc7c(c6)oc6ccccc67)c5c4)c3)cc2)cc1. The van der Waals surface area contributed by atoms with Crippen LogP contribution in [0, 0.1) is 0 Å². The summed E-state index contributed by atoms with van der Waals surface area (Å²) < 4.78 is 8.73. The molecule has 2 aromatic heterocycles. The number of furan rings is 1. The number of anilines is 3. The number of hydrogen-bond acceptors (Lipinski definition) is 2. The van der Waals surface area contributed by atoms with Gasteiger partial charge >= 0.3 is 0 Å². The molecule has 57 heavy (non-hydrogen) atoms. The second-order valence-electron chi connectivity index (χ2n) is 14.5. The third-order valence-corrected chi connectivity index (χ3v) is 11.2. The molecule has 0 spiro atoms. The van der Waals surface area contributed by atoms with Gasteiger partial charge in [-0.15, -0.1) is 0 Å². The highest BCUT2D eigenvalue weighted by Crippen LogP contribution is 2.43. The third kappa shape index (κ3) is 5.68. The fourth-order valence-electron chi connectivity index (χ4n) is 8.50. The first-order valence-corrected chi connectivity index (χ1v) is 19.4. The Kier molecular flexibility index (Phi) is 7.82. The Morgan fingerprint density at radius 2 is 0.912 bits per heavy atom. The van der Waals surface area contributed by atoms with Crippen molar-refractivity contribution in [3.63, 3.8) is 0 Å². The Labute approximate surface area is 330 Å². The average molecular weight is 729 g/mol. The lowest BCUT2D eigenvalue weighted by atomic mass is 9.96. The molecule has 268 valence electrons. The van der Waals surface area contributed by atoms with E-state index in [0.717, 1.165) is 72.5 Å². The zero-order chi connectivity index (χ0) is 37.7. The smallest absolute Gasteiger partial charge is 0.137 e. The first-order valence-electron chi connectivity index (χ1n) is 19.4. The van der Waals surface area contributed by atoms with Gasteiger partial charge in [0.2, 0.25) is 0 Å². The van der Waals surface area contributed by atoms with E-state index >= 15 is 0 Å². The third-order valence-electron chi connectivity index (χ3n) is 11.2. The molecule has 0 aliphatic carbocycles. The molecule has 3 nitrogen and oxygen atoms in total. The van der Waals surface area contributed by atoms with Crippen LogP contribution in [0.5, 0.6) is 0 Å². The lowest BCUT2D eigenvalue weighted by molar-refractivity contribution is 0.668. The summed E-state index contributed by atoms with van der Waals surface area (Å²) in [5.74, 6) is 0. The van der Waals surface area contributed by atoms with Gasteiger partial charge in [-0.3, -0.25) is 0 Å². The maximum Gasteiger partial charge on any atom is 0.137 e. The van der Waals surface area contributed by atoms with Crippen LogP contribution in [-0.4, -0.2) is 4.57 Å².